The summed E-state index contributed by atoms with van der Waals surface area (Å²) < 4.78 is 0. The van der Waals surface area contributed by atoms with Crippen molar-refractivity contribution in [3.8, 4) is 0 Å². The van der Waals surface area contributed by atoms with Crippen LogP contribution in [0, 0.1) is 0 Å². The molecule has 23 heavy (non-hydrogen) atoms. The van der Waals surface area contributed by atoms with Gasteiger partial charge in [-0.3, -0.25) is 14.7 Å². The first kappa shape index (κ1) is 16.1. The third-order valence-electron chi connectivity index (χ3n) is 4.34. The number of carbonyl (C=O) groups excluding carboxylic acids is 1. The molecule has 0 aromatic carbocycles. The SMILES string of the molecule is CCc1ccc(CN2CCc3c(C(=O)N(C)C)csc3C2)nc1. The predicted octanol–water partition coefficient (Wildman–Crippen LogP) is 2.97. The van der Waals surface area contributed by atoms with Gasteiger partial charge in [-0.1, -0.05) is 13.0 Å². The van der Waals surface area contributed by atoms with Crippen molar-refractivity contribution in [1.82, 2.24) is 14.8 Å². The highest BCUT2D eigenvalue weighted by Gasteiger charge is 2.24. The van der Waals surface area contributed by atoms with Crippen LogP contribution < -0.4 is 0 Å². The van der Waals surface area contributed by atoms with Gasteiger partial charge in [0, 0.05) is 50.2 Å². The van der Waals surface area contributed by atoms with Crippen LogP contribution in [0.2, 0.25) is 0 Å². The molecule has 0 saturated heterocycles. The van der Waals surface area contributed by atoms with Gasteiger partial charge in [0.15, 0.2) is 0 Å². The van der Waals surface area contributed by atoms with Gasteiger partial charge in [-0.25, -0.2) is 0 Å². The molecule has 0 spiro atoms. The molecular weight excluding hydrogens is 306 g/mol. The zero-order chi connectivity index (χ0) is 16.4. The summed E-state index contributed by atoms with van der Waals surface area (Å²) in [6.45, 7) is 4.91. The minimum Gasteiger partial charge on any atom is -0.345 e. The minimum atomic E-state index is 0.118. The molecule has 3 heterocycles. The standard InChI is InChI=1S/C18H23N3OS/c1-4-13-5-6-14(19-9-13)10-21-8-7-15-16(18(22)20(2)3)12-23-17(15)11-21/h5-6,9,12H,4,7-8,10-11H2,1-3H3. The van der Waals surface area contributed by atoms with Gasteiger partial charge in [0.25, 0.3) is 5.91 Å². The summed E-state index contributed by atoms with van der Waals surface area (Å²) >= 11 is 1.71. The fraction of sp³-hybridized carbons (Fsp3) is 0.444. The molecule has 4 nitrogen and oxygen atoms in total. The molecule has 0 radical (unpaired) electrons. The van der Waals surface area contributed by atoms with E-state index in [4.69, 9.17) is 0 Å². The number of thiophene rings is 1. The van der Waals surface area contributed by atoms with Crippen molar-refractivity contribution in [3.05, 3.63) is 51.0 Å². The number of aryl methyl sites for hydroxylation is 1. The van der Waals surface area contributed by atoms with E-state index in [1.54, 1.807) is 16.2 Å². The molecule has 0 fully saturated rings. The first-order chi connectivity index (χ1) is 11.1. The Morgan fingerprint density at radius 3 is 2.87 bits per heavy atom. The van der Waals surface area contributed by atoms with Crippen LogP contribution in [0.4, 0.5) is 0 Å². The van der Waals surface area contributed by atoms with Gasteiger partial charge >= 0.3 is 0 Å². The molecule has 0 saturated carbocycles. The maximum absolute atomic E-state index is 12.2. The highest BCUT2D eigenvalue weighted by Crippen LogP contribution is 2.29. The zero-order valence-corrected chi connectivity index (χ0v) is 14.8. The lowest BCUT2D eigenvalue weighted by Crippen LogP contribution is -2.31. The summed E-state index contributed by atoms with van der Waals surface area (Å²) in [4.78, 5) is 22.2. The average Bonchev–Trinajstić information content (AvgIpc) is 2.98. The van der Waals surface area contributed by atoms with Crippen molar-refractivity contribution < 1.29 is 4.79 Å². The second kappa shape index (κ2) is 6.81. The number of fused-ring (bicyclic) bond motifs is 1. The Morgan fingerprint density at radius 1 is 1.39 bits per heavy atom. The molecule has 0 atom stereocenters. The number of pyridine rings is 1. The van der Waals surface area contributed by atoms with Crippen LogP contribution in [0.3, 0.4) is 0 Å². The maximum atomic E-state index is 12.2. The maximum Gasteiger partial charge on any atom is 0.254 e. The molecular formula is C18H23N3OS. The van der Waals surface area contributed by atoms with Crippen LogP contribution in [0.1, 0.15) is 39.0 Å². The van der Waals surface area contributed by atoms with Crippen LogP contribution in [-0.4, -0.2) is 41.3 Å². The number of rotatable bonds is 4. The smallest absolute Gasteiger partial charge is 0.254 e. The van der Waals surface area contributed by atoms with Crippen molar-refractivity contribution >= 4 is 17.2 Å². The molecule has 0 unspecified atom stereocenters. The lowest BCUT2D eigenvalue weighted by molar-refractivity contribution is 0.0826. The second-order valence-electron chi connectivity index (χ2n) is 6.22. The van der Waals surface area contributed by atoms with Gasteiger partial charge in [0.2, 0.25) is 0 Å². The van der Waals surface area contributed by atoms with E-state index in [-0.39, 0.29) is 5.91 Å². The summed E-state index contributed by atoms with van der Waals surface area (Å²) in [5.41, 5.74) is 4.53. The highest BCUT2D eigenvalue weighted by molar-refractivity contribution is 7.10. The Morgan fingerprint density at radius 2 is 2.22 bits per heavy atom. The molecule has 2 aromatic heterocycles. The van der Waals surface area contributed by atoms with E-state index in [0.29, 0.717) is 0 Å². The first-order valence-electron chi connectivity index (χ1n) is 8.05. The van der Waals surface area contributed by atoms with E-state index in [0.717, 1.165) is 43.7 Å². The average molecular weight is 329 g/mol. The number of nitrogens with zero attached hydrogens (tertiary/aromatic N) is 3. The fourth-order valence-electron chi connectivity index (χ4n) is 2.92. The van der Waals surface area contributed by atoms with Gasteiger partial charge in [0.05, 0.1) is 11.3 Å². The van der Waals surface area contributed by atoms with Crippen LogP contribution in [0.15, 0.2) is 23.7 Å². The van der Waals surface area contributed by atoms with Crippen molar-refractivity contribution in [2.24, 2.45) is 0 Å². The number of hydrogen-bond acceptors (Lipinski definition) is 4. The molecule has 1 amide bonds. The third-order valence-corrected chi connectivity index (χ3v) is 5.36. The van der Waals surface area contributed by atoms with Gasteiger partial charge in [-0.05, 0) is 30.0 Å². The van der Waals surface area contributed by atoms with Gasteiger partial charge in [-0.2, -0.15) is 0 Å². The van der Waals surface area contributed by atoms with Crippen molar-refractivity contribution in [1.29, 1.82) is 0 Å². The molecule has 0 bridgehead atoms. The molecule has 2 aromatic rings. The van der Waals surface area contributed by atoms with Crippen molar-refractivity contribution in [2.75, 3.05) is 20.6 Å². The minimum absolute atomic E-state index is 0.118. The van der Waals surface area contributed by atoms with Crippen LogP contribution in [0.25, 0.3) is 0 Å². The third kappa shape index (κ3) is 3.46. The Kier molecular flexibility index (Phi) is 4.78. The Balaban J connectivity index is 1.69. The summed E-state index contributed by atoms with van der Waals surface area (Å²) in [7, 11) is 3.63. The first-order valence-corrected chi connectivity index (χ1v) is 8.93. The molecule has 1 aliphatic rings. The molecule has 0 N–H and O–H groups in total. The van der Waals surface area contributed by atoms with Gasteiger partial charge in [0.1, 0.15) is 0 Å². The Hall–Kier alpha value is -1.72. The highest BCUT2D eigenvalue weighted by atomic mass is 32.1. The normalized spacial score (nSPS) is 14.6. The number of amides is 1. The Labute approximate surface area is 141 Å². The quantitative estimate of drug-likeness (QED) is 0.865. The monoisotopic (exact) mass is 329 g/mol. The van der Waals surface area contributed by atoms with Crippen LogP contribution in [0.5, 0.6) is 0 Å². The largest absolute Gasteiger partial charge is 0.345 e. The van der Waals surface area contributed by atoms with E-state index in [1.807, 2.05) is 25.7 Å². The molecule has 3 rings (SSSR count). The van der Waals surface area contributed by atoms with Crippen LogP contribution >= 0.6 is 11.3 Å². The fourth-order valence-corrected chi connectivity index (χ4v) is 4.04. The van der Waals surface area contributed by atoms with E-state index >= 15 is 0 Å². The van der Waals surface area contributed by atoms with Crippen molar-refractivity contribution in [3.63, 3.8) is 0 Å². The van der Waals surface area contributed by atoms with E-state index < -0.39 is 0 Å². The lowest BCUT2D eigenvalue weighted by Gasteiger charge is -2.27. The van der Waals surface area contributed by atoms with Crippen molar-refractivity contribution in [2.45, 2.75) is 32.9 Å². The van der Waals surface area contributed by atoms with E-state index in [9.17, 15) is 4.79 Å². The topological polar surface area (TPSA) is 36.4 Å². The summed E-state index contributed by atoms with van der Waals surface area (Å²) in [5, 5.41) is 2.02. The van der Waals surface area contributed by atoms with Gasteiger partial charge < -0.3 is 4.90 Å². The summed E-state index contributed by atoms with van der Waals surface area (Å²) in [6.07, 6.45) is 3.95. The summed E-state index contributed by atoms with van der Waals surface area (Å²) in [6, 6.07) is 4.29. The van der Waals surface area contributed by atoms with Crippen LogP contribution in [-0.2, 0) is 25.9 Å². The number of hydrogen-bond donors (Lipinski definition) is 0. The lowest BCUT2D eigenvalue weighted by atomic mass is 10.0. The molecule has 1 aliphatic heterocycles. The van der Waals surface area contributed by atoms with E-state index in [2.05, 4.69) is 28.9 Å². The zero-order valence-electron chi connectivity index (χ0n) is 14.0. The molecule has 122 valence electrons. The molecule has 5 heteroatoms. The number of aromatic nitrogens is 1. The predicted molar refractivity (Wildman–Crippen MR) is 93.8 cm³/mol. The van der Waals surface area contributed by atoms with Gasteiger partial charge in [-0.15, -0.1) is 11.3 Å². The molecule has 0 aliphatic carbocycles. The second-order valence-corrected chi connectivity index (χ2v) is 7.19. The number of carbonyl (C=O) groups is 1. The summed E-state index contributed by atoms with van der Waals surface area (Å²) in [5.74, 6) is 0.118. The van der Waals surface area contributed by atoms with E-state index in [1.165, 1.54) is 16.0 Å². The Bertz CT molecular complexity index is 691.